The Morgan fingerprint density at radius 1 is 1.03 bits per heavy atom. The molecule has 0 unspecified atom stereocenters. The first-order valence-electron chi connectivity index (χ1n) is 10.6. The number of nitrogens with one attached hydrogen (secondary N) is 1. The first-order chi connectivity index (χ1) is 16.9. The topological polar surface area (TPSA) is 84.9 Å². The van der Waals surface area contributed by atoms with E-state index in [9.17, 15) is 14.4 Å². The summed E-state index contributed by atoms with van der Waals surface area (Å²) in [5, 5.41) is 2.77. The maximum Gasteiger partial charge on any atom is 0.294 e. The van der Waals surface area contributed by atoms with Crippen LogP contribution in [0.4, 0.5) is 10.5 Å². The van der Waals surface area contributed by atoms with E-state index in [0.29, 0.717) is 27.8 Å². The van der Waals surface area contributed by atoms with Gasteiger partial charge in [-0.2, -0.15) is 0 Å². The van der Waals surface area contributed by atoms with Gasteiger partial charge in [-0.3, -0.25) is 19.3 Å². The normalized spacial score (nSPS) is 14.3. The van der Waals surface area contributed by atoms with Gasteiger partial charge in [-0.05, 0) is 53.7 Å². The molecular formula is C26H21ClN2O5S. The number of amides is 3. The molecule has 178 valence electrons. The minimum absolute atomic E-state index is 0.217. The summed E-state index contributed by atoms with van der Waals surface area (Å²) < 4.78 is 11.3. The van der Waals surface area contributed by atoms with E-state index in [4.69, 9.17) is 21.1 Å². The lowest BCUT2D eigenvalue weighted by molar-refractivity contribution is -0.127. The number of imide groups is 1. The molecule has 0 radical (unpaired) electrons. The SMILES string of the molecule is COc1cc(C=C2SC(=O)N(CC(=O)Nc3ccccc3)C2=O)ccc1OCc1ccccc1Cl. The molecule has 0 aliphatic carbocycles. The summed E-state index contributed by atoms with van der Waals surface area (Å²) in [6.45, 7) is -0.103. The van der Waals surface area contributed by atoms with Crippen molar-refractivity contribution in [2.45, 2.75) is 6.61 Å². The molecule has 0 saturated carbocycles. The monoisotopic (exact) mass is 508 g/mol. The van der Waals surface area contributed by atoms with Crippen molar-refractivity contribution in [3.63, 3.8) is 0 Å². The van der Waals surface area contributed by atoms with Crippen LogP contribution in [0.1, 0.15) is 11.1 Å². The fraction of sp³-hybridized carbons (Fsp3) is 0.115. The number of halogens is 1. The second kappa shape index (κ2) is 11.1. The minimum atomic E-state index is -0.527. The molecule has 35 heavy (non-hydrogen) atoms. The maximum atomic E-state index is 12.8. The number of ether oxygens (including phenoxy) is 2. The molecule has 4 rings (SSSR count). The van der Waals surface area contributed by atoms with Crippen LogP contribution in [0.5, 0.6) is 11.5 Å². The molecule has 1 heterocycles. The van der Waals surface area contributed by atoms with Crippen LogP contribution in [-0.4, -0.2) is 35.6 Å². The molecule has 0 spiro atoms. The number of benzene rings is 3. The van der Waals surface area contributed by atoms with Crippen LogP contribution in [0, 0.1) is 0 Å². The van der Waals surface area contributed by atoms with Gasteiger partial charge in [0, 0.05) is 16.3 Å². The van der Waals surface area contributed by atoms with E-state index in [1.165, 1.54) is 7.11 Å². The van der Waals surface area contributed by atoms with E-state index < -0.39 is 17.1 Å². The summed E-state index contributed by atoms with van der Waals surface area (Å²) in [6, 6.07) is 21.4. The number of carbonyl (C=O) groups excluding carboxylic acids is 3. The van der Waals surface area contributed by atoms with Gasteiger partial charge in [-0.25, -0.2) is 0 Å². The van der Waals surface area contributed by atoms with Crippen molar-refractivity contribution in [3.8, 4) is 11.5 Å². The second-order valence-electron chi connectivity index (χ2n) is 7.47. The van der Waals surface area contributed by atoms with Crippen LogP contribution in [0.2, 0.25) is 5.02 Å². The van der Waals surface area contributed by atoms with Gasteiger partial charge in [0.05, 0.1) is 12.0 Å². The van der Waals surface area contributed by atoms with E-state index in [0.717, 1.165) is 22.2 Å². The Hall–Kier alpha value is -3.75. The van der Waals surface area contributed by atoms with E-state index in [-0.39, 0.29) is 18.1 Å². The summed E-state index contributed by atoms with van der Waals surface area (Å²) in [6.07, 6.45) is 1.58. The summed E-state index contributed by atoms with van der Waals surface area (Å²) in [5.41, 5.74) is 2.07. The van der Waals surface area contributed by atoms with Gasteiger partial charge in [0.15, 0.2) is 11.5 Å². The molecule has 1 aliphatic rings. The number of methoxy groups -OCH3 is 1. The highest BCUT2D eigenvalue weighted by molar-refractivity contribution is 8.18. The summed E-state index contributed by atoms with van der Waals surface area (Å²) in [7, 11) is 1.51. The third-order valence-corrected chi connectivity index (χ3v) is 6.34. The van der Waals surface area contributed by atoms with Crippen molar-refractivity contribution in [3.05, 3.63) is 93.9 Å². The smallest absolute Gasteiger partial charge is 0.294 e. The van der Waals surface area contributed by atoms with E-state index in [1.54, 1.807) is 54.6 Å². The Balaban J connectivity index is 1.44. The standard InChI is InChI=1S/C26H21ClN2O5S/c1-33-22-13-17(11-12-21(22)34-16-18-7-5-6-10-20(18)27)14-23-25(31)29(26(32)35-23)15-24(30)28-19-8-3-2-4-9-19/h2-14H,15-16H2,1H3,(H,28,30). The number of carbonyl (C=O) groups is 3. The fourth-order valence-corrected chi connectivity index (χ4v) is 4.35. The molecule has 0 bridgehead atoms. The number of para-hydroxylation sites is 1. The first kappa shape index (κ1) is 24.4. The first-order valence-corrected chi connectivity index (χ1v) is 11.8. The summed E-state index contributed by atoms with van der Waals surface area (Å²) in [4.78, 5) is 38.6. The molecule has 3 aromatic carbocycles. The molecule has 1 aliphatic heterocycles. The van der Waals surface area contributed by atoms with E-state index in [1.807, 2.05) is 24.3 Å². The Labute approximate surface area is 211 Å². The van der Waals surface area contributed by atoms with Gasteiger partial charge in [0.1, 0.15) is 13.2 Å². The number of nitrogens with zero attached hydrogens (tertiary/aromatic N) is 1. The number of anilines is 1. The van der Waals surface area contributed by atoms with E-state index in [2.05, 4.69) is 5.32 Å². The fourth-order valence-electron chi connectivity index (χ4n) is 3.32. The highest BCUT2D eigenvalue weighted by Crippen LogP contribution is 2.35. The van der Waals surface area contributed by atoms with Crippen molar-refractivity contribution >= 4 is 52.2 Å². The molecule has 0 atom stereocenters. The zero-order valence-corrected chi connectivity index (χ0v) is 20.3. The number of hydrogen-bond acceptors (Lipinski definition) is 6. The summed E-state index contributed by atoms with van der Waals surface area (Å²) >= 11 is 6.97. The molecule has 1 fully saturated rings. The number of hydrogen-bond donors (Lipinski definition) is 1. The third kappa shape index (κ3) is 6.03. The van der Waals surface area contributed by atoms with Gasteiger partial charge in [0.25, 0.3) is 11.1 Å². The van der Waals surface area contributed by atoms with Gasteiger partial charge in [0.2, 0.25) is 5.91 Å². The lowest BCUT2D eigenvalue weighted by atomic mass is 10.1. The quantitative estimate of drug-likeness (QED) is 0.398. The highest BCUT2D eigenvalue weighted by Gasteiger charge is 2.36. The molecule has 3 aromatic rings. The van der Waals surface area contributed by atoms with Crippen LogP contribution in [-0.2, 0) is 16.2 Å². The Bertz CT molecular complexity index is 1300. The average Bonchev–Trinajstić information content (AvgIpc) is 3.11. The largest absolute Gasteiger partial charge is 0.493 e. The molecule has 0 aromatic heterocycles. The Morgan fingerprint density at radius 3 is 2.51 bits per heavy atom. The Morgan fingerprint density at radius 2 is 1.77 bits per heavy atom. The molecule has 3 amide bonds. The van der Waals surface area contributed by atoms with Crippen molar-refractivity contribution < 1.29 is 23.9 Å². The zero-order chi connectivity index (χ0) is 24.8. The predicted molar refractivity (Wildman–Crippen MR) is 137 cm³/mol. The molecule has 1 saturated heterocycles. The number of rotatable bonds is 8. The van der Waals surface area contributed by atoms with Crippen LogP contribution in [0.15, 0.2) is 77.7 Å². The predicted octanol–water partition coefficient (Wildman–Crippen LogP) is 5.60. The van der Waals surface area contributed by atoms with Gasteiger partial charge in [-0.15, -0.1) is 0 Å². The second-order valence-corrected chi connectivity index (χ2v) is 8.87. The minimum Gasteiger partial charge on any atom is -0.493 e. The summed E-state index contributed by atoms with van der Waals surface area (Å²) in [5.74, 6) is -0.00908. The van der Waals surface area contributed by atoms with Gasteiger partial charge >= 0.3 is 0 Å². The lowest BCUT2D eigenvalue weighted by Gasteiger charge is -2.13. The van der Waals surface area contributed by atoms with Crippen LogP contribution in [0.3, 0.4) is 0 Å². The van der Waals surface area contributed by atoms with Crippen LogP contribution in [0.25, 0.3) is 6.08 Å². The highest BCUT2D eigenvalue weighted by atomic mass is 35.5. The van der Waals surface area contributed by atoms with Crippen LogP contribution < -0.4 is 14.8 Å². The Kier molecular flexibility index (Phi) is 7.74. The average molecular weight is 509 g/mol. The van der Waals surface area contributed by atoms with Crippen LogP contribution >= 0.6 is 23.4 Å². The third-order valence-electron chi connectivity index (χ3n) is 5.06. The van der Waals surface area contributed by atoms with Gasteiger partial charge < -0.3 is 14.8 Å². The molecular weight excluding hydrogens is 488 g/mol. The molecule has 1 N–H and O–H groups in total. The van der Waals surface area contributed by atoms with Crippen molar-refractivity contribution in [1.29, 1.82) is 0 Å². The zero-order valence-electron chi connectivity index (χ0n) is 18.7. The molecule has 9 heteroatoms. The van der Waals surface area contributed by atoms with Crippen molar-refractivity contribution in [1.82, 2.24) is 4.90 Å². The maximum absolute atomic E-state index is 12.8. The van der Waals surface area contributed by atoms with Crippen molar-refractivity contribution in [2.24, 2.45) is 0 Å². The van der Waals surface area contributed by atoms with Gasteiger partial charge in [-0.1, -0.05) is 54.1 Å². The van der Waals surface area contributed by atoms with E-state index >= 15 is 0 Å². The number of thioether (sulfide) groups is 1. The molecule has 7 nitrogen and oxygen atoms in total. The lowest BCUT2D eigenvalue weighted by Crippen LogP contribution is -2.36. The van der Waals surface area contributed by atoms with Crippen molar-refractivity contribution in [2.75, 3.05) is 19.0 Å².